The highest BCUT2D eigenvalue weighted by Gasteiger charge is 2.34. The van der Waals surface area contributed by atoms with E-state index in [0.29, 0.717) is 43.0 Å². The average Bonchev–Trinajstić information content (AvgIpc) is 2.96. The Bertz CT molecular complexity index is 1500. The predicted octanol–water partition coefficient (Wildman–Crippen LogP) is 2.21. The smallest absolute Gasteiger partial charge is 0.250 e. The first-order valence-corrected chi connectivity index (χ1v) is 14.5. The molecule has 2 atom stereocenters. The van der Waals surface area contributed by atoms with Crippen LogP contribution in [-0.2, 0) is 26.7 Å². The molecule has 2 fully saturated rings. The number of fused-ring (bicyclic) bond motifs is 4. The molecule has 0 unspecified atom stereocenters. The van der Waals surface area contributed by atoms with Gasteiger partial charge in [-0.05, 0) is 42.7 Å². The third kappa shape index (κ3) is 6.10. The van der Waals surface area contributed by atoms with Gasteiger partial charge in [-0.2, -0.15) is 0 Å². The van der Waals surface area contributed by atoms with Crippen LogP contribution in [0.2, 0.25) is 0 Å². The minimum atomic E-state index is -0.334. The number of benzene rings is 1. The van der Waals surface area contributed by atoms with Gasteiger partial charge in [-0.3, -0.25) is 24.3 Å². The fraction of sp³-hybridized carbons (Fsp3) is 0.484. The highest BCUT2D eigenvalue weighted by atomic mass is 19.1. The SMILES string of the molecule is Cn1c(CN2C[C@@H]3C[C@@H](C2)c2cccc(=O)n2C3)cc(=O)c(O)c1CN1CCN(CCOc2ccc(F)cc2)CC1. The zero-order valence-corrected chi connectivity index (χ0v) is 23.5. The Kier molecular flexibility index (Phi) is 7.96. The van der Waals surface area contributed by atoms with Crippen molar-refractivity contribution < 1.29 is 14.2 Å². The lowest BCUT2D eigenvalue weighted by molar-refractivity contribution is 0.107. The fourth-order valence-electron chi connectivity index (χ4n) is 6.68. The Hall–Kier alpha value is -3.47. The summed E-state index contributed by atoms with van der Waals surface area (Å²) in [7, 11) is 1.94. The lowest BCUT2D eigenvalue weighted by Gasteiger charge is -2.43. The molecule has 0 aliphatic carbocycles. The Morgan fingerprint density at radius 3 is 2.46 bits per heavy atom. The molecule has 1 aromatic carbocycles. The zero-order chi connectivity index (χ0) is 28.5. The Balaban J connectivity index is 1.06. The molecule has 10 heteroatoms. The molecular formula is C31H38FN5O4. The van der Waals surface area contributed by atoms with Crippen LogP contribution in [0, 0.1) is 11.7 Å². The summed E-state index contributed by atoms with van der Waals surface area (Å²) in [5, 5.41) is 10.7. The number of aromatic nitrogens is 2. The van der Waals surface area contributed by atoms with Gasteiger partial charge in [0.1, 0.15) is 18.2 Å². The van der Waals surface area contributed by atoms with Gasteiger partial charge in [-0.15, -0.1) is 0 Å². The molecule has 6 rings (SSSR count). The number of pyridine rings is 2. The Labute approximate surface area is 239 Å². The van der Waals surface area contributed by atoms with Crippen molar-refractivity contribution in [1.29, 1.82) is 0 Å². The minimum Gasteiger partial charge on any atom is -0.503 e. The summed E-state index contributed by atoms with van der Waals surface area (Å²) in [4.78, 5) is 32.2. The minimum absolute atomic E-state index is 0.0791. The summed E-state index contributed by atoms with van der Waals surface area (Å²) in [5.41, 5.74) is 2.40. The van der Waals surface area contributed by atoms with E-state index < -0.39 is 0 Å². The topological polar surface area (TPSA) is 83.2 Å². The summed E-state index contributed by atoms with van der Waals surface area (Å²) >= 11 is 0. The summed E-state index contributed by atoms with van der Waals surface area (Å²) in [6, 6.07) is 13.2. The number of hydrogen-bond acceptors (Lipinski definition) is 7. The summed E-state index contributed by atoms with van der Waals surface area (Å²) in [6.07, 6.45) is 1.09. The van der Waals surface area contributed by atoms with E-state index in [9.17, 15) is 19.1 Å². The van der Waals surface area contributed by atoms with E-state index in [-0.39, 0.29) is 22.6 Å². The average molecular weight is 564 g/mol. The van der Waals surface area contributed by atoms with Crippen LogP contribution in [0.15, 0.2) is 58.1 Å². The number of nitrogens with zero attached hydrogens (tertiary/aromatic N) is 5. The third-order valence-corrected chi connectivity index (χ3v) is 8.91. The molecule has 0 amide bonds. The molecular weight excluding hydrogens is 525 g/mol. The molecule has 2 bridgehead atoms. The van der Waals surface area contributed by atoms with Gasteiger partial charge in [-0.25, -0.2) is 4.39 Å². The maximum absolute atomic E-state index is 13.1. The highest BCUT2D eigenvalue weighted by Crippen LogP contribution is 2.35. The standard InChI is InChI=1S/C31H38FN5O4/c1-33-25(20-36-17-22-15-23(19-36)27-3-2-4-30(39)37(27)18-22)16-29(38)31(40)28(33)21-35-11-9-34(10-12-35)13-14-41-26-7-5-24(32)6-8-26/h2-8,16,22-23,40H,9-15,17-21H2,1H3/t22-,23-/m0/s1. The van der Waals surface area contributed by atoms with E-state index in [2.05, 4.69) is 20.8 Å². The summed E-state index contributed by atoms with van der Waals surface area (Å²) in [6.45, 7) is 8.29. The van der Waals surface area contributed by atoms with Crippen molar-refractivity contribution in [2.45, 2.75) is 32.0 Å². The van der Waals surface area contributed by atoms with E-state index in [1.807, 2.05) is 22.2 Å². The molecule has 41 heavy (non-hydrogen) atoms. The summed E-state index contributed by atoms with van der Waals surface area (Å²) < 4.78 is 22.7. The molecule has 218 valence electrons. The van der Waals surface area contributed by atoms with Gasteiger partial charge < -0.3 is 19.0 Å². The number of piperazine rings is 1. The number of hydrogen-bond donors (Lipinski definition) is 1. The maximum atomic E-state index is 13.1. The lowest BCUT2D eigenvalue weighted by Crippen LogP contribution is -2.47. The van der Waals surface area contributed by atoms with Gasteiger partial charge in [0.05, 0.1) is 5.69 Å². The van der Waals surface area contributed by atoms with Crippen LogP contribution in [0.25, 0.3) is 0 Å². The molecule has 5 heterocycles. The number of aromatic hydroxyl groups is 1. The monoisotopic (exact) mass is 563 g/mol. The molecule has 0 saturated carbocycles. The van der Waals surface area contributed by atoms with Gasteiger partial charge in [0.15, 0.2) is 5.75 Å². The molecule has 1 N–H and O–H groups in total. The fourth-order valence-corrected chi connectivity index (χ4v) is 6.68. The van der Waals surface area contributed by atoms with Crippen LogP contribution >= 0.6 is 0 Å². The number of likely N-dealkylation sites (tertiary alicyclic amines) is 1. The number of halogens is 1. The third-order valence-electron chi connectivity index (χ3n) is 8.91. The Morgan fingerprint density at radius 1 is 0.927 bits per heavy atom. The zero-order valence-electron chi connectivity index (χ0n) is 23.5. The molecule has 3 aliphatic rings. The van der Waals surface area contributed by atoms with Gasteiger partial charge in [0.2, 0.25) is 5.43 Å². The van der Waals surface area contributed by atoms with Crippen LogP contribution in [0.5, 0.6) is 11.5 Å². The van der Waals surface area contributed by atoms with Crippen molar-refractivity contribution in [3.8, 4) is 11.5 Å². The molecule has 0 spiro atoms. The van der Waals surface area contributed by atoms with Crippen molar-refractivity contribution in [3.63, 3.8) is 0 Å². The maximum Gasteiger partial charge on any atom is 0.250 e. The van der Waals surface area contributed by atoms with Crippen LogP contribution in [0.4, 0.5) is 4.39 Å². The van der Waals surface area contributed by atoms with Crippen LogP contribution < -0.4 is 15.7 Å². The van der Waals surface area contributed by atoms with E-state index in [0.717, 1.165) is 70.2 Å². The van der Waals surface area contributed by atoms with Crippen molar-refractivity contribution >= 4 is 0 Å². The van der Waals surface area contributed by atoms with Crippen molar-refractivity contribution in [1.82, 2.24) is 23.8 Å². The van der Waals surface area contributed by atoms with E-state index in [4.69, 9.17) is 4.74 Å². The van der Waals surface area contributed by atoms with Crippen molar-refractivity contribution in [2.75, 3.05) is 52.4 Å². The molecule has 0 radical (unpaired) electrons. The van der Waals surface area contributed by atoms with Crippen molar-refractivity contribution in [2.24, 2.45) is 13.0 Å². The first kappa shape index (κ1) is 27.7. The van der Waals surface area contributed by atoms with E-state index >= 15 is 0 Å². The first-order chi connectivity index (χ1) is 19.8. The normalized spacial score (nSPS) is 21.5. The van der Waals surface area contributed by atoms with Gasteiger partial charge in [0.25, 0.3) is 5.56 Å². The number of rotatable bonds is 8. The van der Waals surface area contributed by atoms with Gasteiger partial charge in [-0.1, -0.05) is 6.07 Å². The second kappa shape index (κ2) is 11.8. The lowest BCUT2D eigenvalue weighted by atomic mass is 9.83. The van der Waals surface area contributed by atoms with E-state index in [1.165, 1.54) is 12.1 Å². The van der Waals surface area contributed by atoms with Crippen LogP contribution in [0.1, 0.15) is 29.4 Å². The molecule has 9 nitrogen and oxygen atoms in total. The Morgan fingerprint density at radius 2 is 1.68 bits per heavy atom. The van der Waals surface area contributed by atoms with Gasteiger partial charge in [0, 0.05) is 102 Å². The number of ether oxygens (including phenoxy) is 1. The number of piperidine rings is 1. The molecule has 3 aromatic rings. The second-order valence-electron chi connectivity index (χ2n) is 11.7. The predicted molar refractivity (Wildman–Crippen MR) is 154 cm³/mol. The second-order valence-corrected chi connectivity index (χ2v) is 11.7. The largest absolute Gasteiger partial charge is 0.503 e. The molecule has 2 aromatic heterocycles. The van der Waals surface area contributed by atoms with E-state index in [1.54, 1.807) is 24.3 Å². The highest BCUT2D eigenvalue weighted by molar-refractivity contribution is 5.30. The molecule has 2 saturated heterocycles. The van der Waals surface area contributed by atoms with Crippen LogP contribution in [0.3, 0.4) is 0 Å². The first-order valence-electron chi connectivity index (χ1n) is 14.5. The van der Waals surface area contributed by atoms with Gasteiger partial charge >= 0.3 is 0 Å². The quantitative estimate of drug-likeness (QED) is 0.450. The van der Waals surface area contributed by atoms with Crippen LogP contribution in [-0.4, -0.2) is 81.4 Å². The molecule has 3 aliphatic heterocycles. The van der Waals surface area contributed by atoms with Crippen molar-refractivity contribution in [3.05, 3.63) is 92.0 Å². The summed E-state index contributed by atoms with van der Waals surface area (Å²) in [5.74, 6) is 0.931.